The average Bonchev–Trinajstić information content (AvgIpc) is 2.46. The minimum absolute atomic E-state index is 0.105. The molecule has 0 amide bonds. The van der Waals surface area contributed by atoms with E-state index in [4.69, 9.17) is 15.3 Å². The number of rotatable bonds is 10. The summed E-state index contributed by atoms with van der Waals surface area (Å²) in [6.07, 6.45) is 2.91. The highest BCUT2D eigenvalue weighted by molar-refractivity contribution is 5.35. The van der Waals surface area contributed by atoms with E-state index in [9.17, 15) is 0 Å². The Balaban J connectivity index is 2.62. The molecule has 0 heterocycles. The van der Waals surface area contributed by atoms with E-state index in [1.54, 1.807) is 0 Å². The Kier molecular flexibility index (Phi) is 8.21. The Hall–Kier alpha value is -1.10. The molecule has 0 radical (unpaired) electrons. The molecule has 0 fully saturated rings. The van der Waals surface area contributed by atoms with Crippen molar-refractivity contribution in [3.8, 4) is 5.75 Å². The number of nitrogens with two attached hydrogens (primary N) is 1. The van der Waals surface area contributed by atoms with Crippen LogP contribution in [0, 0.1) is 0 Å². The summed E-state index contributed by atoms with van der Waals surface area (Å²) in [4.78, 5) is 0. The lowest BCUT2D eigenvalue weighted by molar-refractivity contribution is 0.140. The van der Waals surface area contributed by atoms with Gasteiger partial charge in [-0.1, -0.05) is 25.1 Å². The fourth-order valence-corrected chi connectivity index (χ4v) is 1.97. The van der Waals surface area contributed by atoms with Gasteiger partial charge < -0.3 is 9.47 Å². The van der Waals surface area contributed by atoms with Crippen LogP contribution in [0.5, 0.6) is 5.75 Å². The quantitative estimate of drug-likeness (QED) is 0.388. The minimum Gasteiger partial charge on any atom is -0.493 e. The molecular formula is C15H26N2O2. The molecule has 0 saturated heterocycles. The SMILES string of the molecule is CCCOc1ccccc1C(CCCOCC)NN. The van der Waals surface area contributed by atoms with Crippen molar-refractivity contribution in [1.82, 2.24) is 5.43 Å². The molecule has 0 aliphatic carbocycles. The van der Waals surface area contributed by atoms with Crippen molar-refractivity contribution < 1.29 is 9.47 Å². The highest BCUT2D eigenvalue weighted by atomic mass is 16.5. The molecule has 1 atom stereocenters. The molecule has 0 aromatic heterocycles. The van der Waals surface area contributed by atoms with Gasteiger partial charge in [0, 0.05) is 24.8 Å². The smallest absolute Gasteiger partial charge is 0.124 e. The van der Waals surface area contributed by atoms with Crippen LogP contribution in [0.15, 0.2) is 24.3 Å². The number of benzene rings is 1. The first-order valence-corrected chi connectivity index (χ1v) is 7.09. The summed E-state index contributed by atoms with van der Waals surface area (Å²) in [7, 11) is 0. The van der Waals surface area contributed by atoms with Crippen LogP contribution in [0.4, 0.5) is 0 Å². The second-order valence-electron chi connectivity index (χ2n) is 4.44. The average molecular weight is 266 g/mol. The van der Waals surface area contributed by atoms with Crippen LogP contribution in [0.3, 0.4) is 0 Å². The van der Waals surface area contributed by atoms with Crippen LogP contribution in [0.1, 0.15) is 44.7 Å². The number of hydrazine groups is 1. The van der Waals surface area contributed by atoms with Gasteiger partial charge in [-0.2, -0.15) is 0 Å². The van der Waals surface area contributed by atoms with Gasteiger partial charge in [0.25, 0.3) is 0 Å². The fourth-order valence-electron chi connectivity index (χ4n) is 1.97. The molecule has 108 valence electrons. The van der Waals surface area contributed by atoms with Gasteiger partial charge in [0.05, 0.1) is 6.61 Å². The van der Waals surface area contributed by atoms with E-state index in [1.807, 2.05) is 25.1 Å². The van der Waals surface area contributed by atoms with Crippen molar-refractivity contribution in [2.45, 2.75) is 39.2 Å². The predicted molar refractivity (Wildman–Crippen MR) is 78.0 cm³/mol. The number of ether oxygens (including phenoxy) is 2. The second kappa shape index (κ2) is 9.78. The number of hydrogen-bond donors (Lipinski definition) is 2. The van der Waals surface area contributed by atoms with E-state index < -0.39 is 0 Å². The summed E-state index contributed by atoms with van der Waals surface area (Å²) < 4.78 is 11.1. The highest BCUT2D eigenvalue weighted by Gasteiger charge is 2.14. The monoisotopic (exact) mass is 266 g/mol. The summed E-state index contributed by atoms with van der Waals surface area (Å²) in [6.45, 7) is 6.37. The first-order chi connectivity index (χ1) is 9.33. The molecule has 19 heavy (non-hydrogen) atoms. The zero-order valence-corrected chi connectivity index (χ0v) is 12.0. The summed E-state index contributed by atoms with van der Waals surface area (Å²) in [5, 5.41) is 0. The van der Waals surface area contributed by atoms with Gasteiger partial charge in [0.1, 0.15) is 5.75 Å². The van der Waals surface area contributed by atoms with Crippen molar-refractivity contribution >= 4 is 0 Å². The Bertz CT molecular complexity index is 345. The van der Waals surface area contributed by atoms with Gasteiger partial charge in [-0.25, -0.2) is 0 Å². The van der Waals surface area contributed by atoms with Crippen molar-refractivity contribution in [1.29, 1.82) is 0 Å². The van der Waals surface area contributed by atoms with Crippen molar-refractivity contribution in [2.24, 2.45) is 5.84 Å². The van der Waals surface area contributed by atoms with E-state index in [1.165, 1.54) is 0 Å². The first kappa shape index (κ1) is 16.0. The largest absolute Gasteiger partial charge is 0.493 e. The Morgan fingerprint density at radius 2 is 2.00 bits per heavy atom. The first-order valence-electron chi connectivity index (χ1n) is 7.09. The zero-order valence-electron chi connectivity index (χ0n) is 12.0. The molecule has 0 aliphatic rings. The van der Waals surface area contributed by atoms with Crippen LogP contribution < -0.4 is 16.0 Å². The Morgan fingerprint density at radius 1 is 1.21 bits per heavy atom. The van der Waals surface area contributed by atoms with Gasteiger partial charge in [-0.15, -0.1) is 0 Å². The topological polar surface area (TPSA) is 56.5 Å². The van der Waals surface area contributed by atoms with E-state index in [-0.39, 0.29) is 6.04 Å². The molecule has 1 rings (SSSR count). The van der Waals surface area contributed by atoms with Crippen LogP contribution >= 0.6 is 0 Å². The molecule has 4 heteroatoms. The van der Waals surface area contributed by atoms with Crippen LogP contribution in [0.2, 0.25) is 0 Å². The van der Waals surface area contributed by atoms with Gasteiger partial charge in [-0.05, 0) is 32.3 Å². The molecule has 0 aliphatic heterocycles. The number of nitrogens with one attached hydrogen (secondary N) is 1. The second-order valence-corrected chi connectivity index (χ2v) is 4.44. The predicted octanol–water partition coefficient (Wildman–Crippen LogP) is 2.80. The van der Waals surface area contributed by atoms with Gasteiger partial charge in [0.2, 0.25) is 0 Å². The zero-order chi connectivity index (χ0) is 13.9. The van der Waals surface area contributed by atoms with Gasteiger partial charge in [0.15, 0.2) is 0 Å². The molecule has 1 unspecified atom stereocenters. The van der Waals surface area contributed by atoms with Crippen LogP contribution in [-0.4, -0.2) is 19.8 Å². The highest BCUT2D eigenvalue weighted by Crippen LogP contribution is 2.27. The molecular weight excluding hydrogens is 240 g/mol. The number of para-hydroxylation sites is 1. The van der Waals surface area contributed by atoms with Gasteiger partial charge in [-0.3, -0.25) is 11.3 Å². The van der Waals surface area contributed by atoms with E-state index in [0.29, 0.717) is 0 Å². The third-order valence-corrected chi connectivity index (χ3v) is 2.94. The van der Waals surface area contributed by atoms with Gasteiger partial charge >= 0.3 is 0 Å². The Labute approximate surface area is 116 Å². The molecule has 4 nitrogen and oxygen atoms in total. The summed E-state index contributed by atoms with van der Waals surface area (Å²) in [6, 6.07) is 8.17. The summed E-state index contributed by atoms with van der Waals surface area (Å²) in [5.41, 5.74) is 4.00. The maximum Gasteiger partial charge on any atom is 0.124 e. The summed E-state index contributed by atoms with van der Waals surface area (Å²) in [5.74, 6) is 6.59. The molecule has 1 aromatic rings. The fraction of sp³-hybridized carbons (Fsp3) is 0.600. The lowest BCUT2D eigenvalue weighted by Gasteiger charge is -2.19. The van der Waals surface area contributed by atoms with E-state index >= 15 is 0 Å². The van der Waals surface area contributed by atoms with Crippen LogP contribution in [-0.2, 0) is 4.74 Å². The molecule has 3 N–H and O–H groups in total. The Morgan fingerprint density at radius 3 is 2.68 bits per heavy atom. The molecule has 1 aromatic carbocycles. The summed E-state index contributed by atoms with van der Waals surface area (Å²) >= 11 is 0. The third-order valence-electron chi connectivity index (χ3n) is 2.94. The normalized spacial score (nSPS) is 12.4. The van der Waals surface area contributed by atoms with Crippen molar-refractivity contribution in [3.05, 3.63) is 29.8 Å². The van der Waals surface area contributed by atoms with Crippen LogP contribution in [0.25, 0.3) is 0 Å². The lowest BCUT2D eigenvalue weighted by Crippen LogP contribution is -2.28. The molecule has 0 spiro atoms. The minimum atomic E-state index is 0.105. The van der Waals surface area contributed by atoms with Crippen molar-refractivity contribution in [3.63, 3.8) is 0 Å². The van der Waals surface area contributed by atoms with E-state index in [2.05, 4.69) is 18.4 Å². The van der Waals surface area contributed by atoms with E-state index in [0.717, 1.165) is 50.4 Å². The molecule has 0 bridgehead atoms. The third kappa shape index (κ3) is 5.59. The lowest BCUT2D eigenvalue weighted by atomic mass is 10.0. The maximum absolute atomic E-state index is 5.77. The maximum atomic E-state index is 5.77. The van der Waals surface area contributed by atoms with Crippen molar-refractivity contribution in [2.75, 3.05) is 19.8 Å². The number of hydrogen-bond acceptors (Lipinski definition) is 4. The standard InChI is InChI=1S/C15H26N2O2/c1-3-11-19-15-10-6-5-8-13(15)14(17-16)9-7-12-18-4-2/h5-6,8,10,14,17H,3-4,7,9,11-12,16H2,1-2H3. The molecule has 0 saturated carbocycles.